The van der Waals surface area contributed by atoms with Crippen molar-refractivity contribution in [3.63, 3.8) is 0 Å². The minimum absolute atomic E-state index is 0.534. The van der Waals surface area contributed by atoms with Crippen LogP contribution in [-0.4, -0.2) is 14.7 Å². The molecule has 1 aromatic rings. The summed E-state index contributed by atoms with van der Waals surface area (Å²) < 4.78 is 3.67. The van der Waals surface area contributed by atoms with Gasteiger partial charge in [0.05, 0.1) is 11.5 Å². The maximum Gasteiger partial charge on any atom is 0.117 e. The predicted octanol–water partition coefficient (Wildman–Crippen LogP) is 1.27. The highest BCUT2D eigenvalue weighted by Gasteiger charge is 2.45. The van der Waals surface area contributed by atoms with Crippen LogP contribution in [0.25, 0.3) is 0 Å². The largest absolute Gasteiger partial charge is 0.385 e. The van der Waals surface area contributed by atoms with Gasteiger partial charge < -0.3 is 5.11 Å². The molecule has 2 rings (SSSR count). The van der Waals surface area contributed by atoms with E-state index >= 15 is 0 Å². The summed E-state index contributed by atoms with van der Waals surface area (Å²) in [4.78, 5) is 0. The van der Waals surface area contributed by atoms with Crippen LogP contribution in [0.1, 0.15) is 31.1 Å². The van der Waals surface area contributed by atoms with Crippen LogP contribution in [0, 0.1) is 16.7 Å². The average Bonchev–Trinajstić information content (AvgIpc) is 2.54. The fourth-order valence-electron chi connectivity index (χ4n) is 1.58. The van der Waals surface area contributed by atoms with Gasteiger partial charge in [-0.2, -0.15) is 5.26 Å². The van der Waals surface area contributed by atoms with E-state index in [4.69, 9.17) is 5.26 Å². The number of hydrogen-bond donors (Lipinski definition) is 1. The molecule has 1 saturated carbocycles. The number of nitrogens with zero attached hydrogens (tertiary/aromatic N) is 3. The highest BCUT2D eigenvalue weighted by molar-refractivity contribution is 7.03. The Morgan fingerprint density at radius 1 is 1.69 bits per heavy atom. The van der Waals surface area contributed by atoms with Crippen molar-refractivity contribution in [2.75, 3.05) is 0 Å². The number of nitriles is 1. The van der Waals surface area contributed by atoms with Crippen molar-refractivity contribution in [2.45, 2.75) is 25.4 Å². The smallest absolute Gasteiger partial charge is 0.117 e. The molecule has 1 fully saturated rings. The topological polar surface area (TPSA) is 69.8 Å². The Labute approximate surface area is 80.0 Å². The van der Waals surface area contributed by atoms with E-state index in [9.17, 15) is 5.11 Å². The van der Waals surface area contributed by atoms with Gasteiger partial charge in [0, 0.05) is 5.38 Å². The van der Waals surface area contributed by atoms with Gasteiger partial charge in [0.15, 0.2) is 0 Å². The molecule has 0 saturated heterocycles. The van der Waals surface area contributed by atoms with Gasteiger partial charge >= 0.3 is 0 Å². The third kappa shape index (κ3) is 1.23. The normalized spacial score (nSPS) is 21.5. The zero-order valence-electron chi connectivity index (χ0n) is 6.97. The molecule has 0 aliphatic heterocycles. The first-order valence-electron chi connectivity index (χ1n) is 4.15. The second-order valence-electron chi connectivity index (χ2n) is 3.35. The first-order chi connectivity index (χ1) is 6.28. The third-order valence-corrected chi connectivity index (χ3v) is 3.17. The van der Waals surface area contributed by atoms with Crippen molar-refractivity contribution < 1.29 is 5.11 Å². The molecule has 13 heavy (non-hydrogen) atoms. The number of aliphatic hydroxyl groups excluding tert-OH is 1. The summed E-state index contributed by atoms with van der Waals surface area (Å²) in [6.07, 6.45) is 1.79. The van der Waals surface area contributed by atoms with Crippen LogP contribution in [0.3, 0.4) is 0 Å². The van der Waals surface area contributed by atoms with Crippen molar-refractivity contribution in [3.05, 3.63) is 11.1 Å². The Bertz CT molecular complexity index is 326. The SMILES string of the molecule is N#CC1(C(O)c2csnn2)CCC1. The molecule has 68 valence electrons. The number of aromatic nitrogens is 2. The average molecular weight is 195 g/mol. The summed E-state index contributed by atoms with van der Waals surface area (Å²) in [6.45, 7) is 0. The molecule has 1 aliphatic rings. The zero-order chi connectivity index (χ0) is 9.31. The van der Waals surface area contributed by atoms with Gasteiger partial charge in [-0.05, 0) is 24.4 Å². The van der Waals surface area contributed by atoms with Crippen molar-refractivity contribution in [1.82, 2.24) is 9.59 Å². The number of rotatable bonds is 2. The van der Waals surface area contributed by atoms with Crippen LogP contribution >= 0.6 is 11.5 Å². The first kappa shape index (κ1) is 8.60. The van der Waals surface area contributed by atoms with Crippen LogP contribution in [0.2, 0.25) is 0 Å². The van der Waals surface area contributed by atoms with Crippen molar-refractivity contribution in [3.8, 4) is 6.07 Å². The fourth-order valence-corrected chi connectivity index (χ4v) is 2.05. The van der Waals surface area contributed by atoms with E-state index in [1.54, 1.807) is 5.38 Å². The lowest BCUT2D eigenvalue weighted by Gasteiger charge is -2.38. The molecule has 1 aliphatic carbocycles. The van der Waals surface area contributed by atoms with Crippen molar-refractivity contribution in [2.24, 2.45) is 5.41 Å². The van der Waals surface area contributed by atoms with Gasteiger partial charge in [-0.15, -0.1) is 5.10 Å². The van der Waals surface area contributed by atoms with E-state index in [1.807, 2.05) is 0 Å². The Morgan fingerprint density at radius 3 is 2.85 bits per heavy atom. The van der Waals surface area contributed by atoms with Crippen molar-refractivity contribution in [1.29, 1.82) is 5.26 Å². The highest BCUT2D eigenvalue weighted by atomic mass is 32.1. The van der Waals surface area contributed by atoms with Gasteiger partial charge in [-0.3, -0.25) is 0 Å². The number of aliphatic hydroxyl groups is 1. The molecule has 1 heterocycles. The van der Waals surface area contributed by atoms with E-state index in [0.29, 0.717) is 5.69 Å². The molecule has 5 heteroatoms. The maximum atomic E-state index is 9.86. The Hall–Kier alpha value is -0.990. The lowest BCUT2D eigenvalue weighted by molar-refractivity contribution is 0.00504. The Morgan fingerprint density at radius 2 is 2.46 bits per heavy atom. The van der Waals surface area contributed by atoms with Gasteiger partial charge in [-0.1, -0.05) is 10.9 Å². The summed E-state index contributed by atoms with van der Waals surface area (Å²) in [7, 11) is 0. The third-order valence-electron chi connectivity index (χ3n) is 2.65. The Balaban J connectivity index is 2.22. The summed E-state index contributed by atoms with van der Waals surface area (Å²) in [5, 5.41) is 24.3. The highest BCUT2D eigenvalue weighted by Crippen LogP contribution is 2.49. The monoisotopic (exact) mass is 195 g/mol. The van der Waals surface area contributed by atoms with Gasteiger partial charge in [-0.25, -0.2) is 0 Å². The molecule has 4 nitrogen and oxygen atoms in total. The van der Waals surface area contributed by atoms with Crippen LogP contribution in [0.15, 0.2) is 5.38 Å². The zero-order valence-corrected chi connectivity index (χ0v) is 7.79. The fraction of sp³-hybridized carbons (Fsp3) is 0.625. The molecule has 0 amide bonds. The molecule has 0 radical (unpaired) electrons. The van der Waals surface area contributed by atoms with Crippen LogP contribution in [0.5, 0.6) is 0 Å². The minimum atomic E-state index is -0.759. The minimum Gasteiger partial charge on any atom is -0.385 e. The second kappa shape index (κ2) is 3.05. The molecule has 1 unspecified atom stereocenters. The summed E-state index contributed by atoms with van der Waals surface area (Å²) in [6, 6.07) is 2.19. The summed E-state index contributed by atoms with van der Waals surface area (Å²) in [5.74, 6) is 0. The van der Waals surface area contributed by atoms with Gasteiger partial charge in [0.1, 0.15) is 11.8 Å². The summed E-state index contributed by atoms with van der Waals surface area (Å²) in [5.41, 5.74) is -0.0540. The predicted molar refractivity (Wildman–Crippen MR) is 46.8 cm³/mol. The lowest BCUT2D eigenvalue weighted by Crippen LogP contribution is -2.34. The van der Waals surface area contributed by atoms with Crippen LogP contribution in [0.4, 0.5) is 0 Å². The Kier molecular flexibility index (Phi) is 2.02. The van der Waals surface area contributed by atoms with Crippen LogP contribution in [-0.2, 0) is 0 Å². The molecule has 0 bridgehead atoms. The van der Waals surface area contributed by atoms with Crippen LogP contribution < -0.4 is 0 Å². The molecule has 1 atom stereocenters. The number of hydrogen-bond acceptors (Lipinski definition) is 5. The second-order valence-corrected chi connectivity index (χ2v) is 3.96. The van der Waals surface area contributed by atoms with E-state index in [0.717, 1.165) is 19.3 Å². The van der Waals surface area contributed by atoms with Gasteiger partial charge in [0.25, 0.3) is 0 Å². The molecule has 0 spiro atoms. The molecular weight excluding hydrogens is 186 g/mol. The molecular formula is C8H9N3OS. The van der Waals surface area contributed by atoms with E-state index < -0.39 is 11.5 Å². The van der Waals surface area contributed by atoms with Gasteiger partial charge in [0.2, 0.25) is 0 Å². The molecule has 1 aromatic heterocycles. The van der Waals surface area contributed by atoms with E-state index in [1.165, 1.54) is 11.5 Å². The molecule has 1 N–H and O–H groups in total. The maximum absolute atomic E-state index is 9.86. The molecule has 0 aromatic carbocycles. The summed E-state index contributed by atoms with van der Waals surface area (Å²) >= 11 is 1.20. The standard InChI is InChI=1S/C8H9N3OS/c9-5-8(2-1-3-8)7(12)6-4-13-11-10-6/h4,7,12H,1-3H2. The lowest BCUT2D eigenvalue weighted by atomic mass is 9.65. The van der Waals surface area contributed by atoms with E-state index in [2.05, 4.69) is 15.7 Å². The van der Waals surface area contributed by atoms with Crippen molar-refractivity contribution >= 4 is 11.5 Å². The quantitative estimate of drug-likeness (QED) is 0.771. The first-order valence-corrected chi connectivity index (χ1v) is 4.98. The van der Waals surface area contributed by atoms with E-state index in [-0.39, 0.29) is 0 Å².